The Bertz CT molecular complexity index is 1090. The summed E-state index contributed by atoms with van der Waals surface area (Å²) in [6.07, 6.45) is 7.96. The summed E-state index contributed by atoms with van der Waals surface area (Å²) in [7, 11) is -3.53. The Morgan fingerprint density at radius 1 is 1.14 bits per heavy atom. The highest BCUT2D eigenvalue weighted by molar-refractivity contribution is 7.89. The van der Waals surface area contributed by atoms with E-state index in [0.29, 0.717) is 17.1 Å². The summed E-state index contributed by atoms with van der Waals surface area (Å²) in [5, 5.41) is 6.81. The number of sulfonamides is 1. The van der Waals surface area contributed by atoms with Crippen LogP contribution in [-0.4, -0.2) is 35.1 Å². The van der Waals surface area contributed by atoms with E-state index >= 15 is 0 Å². The van der Waals surface area contributed by atoms with Crippen molar-refractivity contribution in [2.75, 3.05) is 5.32 Å². The third-order valence-corrected chi connectivity index (χ3v) is 5.44. The molecule has 0 atom stereocenters. The first-order chi connectivity index (χ1) is 13.8. The molecule has 0 radical (unpaired) electrons. The number of rotatable bonds is 7. The van der Waals surface area contributed by atoms with Gasteiger partial charge in [0.05, 0.1) is 16.8 Å². The molecule has 0 saturated heterocycles. The number of carbonyl (C=O) groups is 1. The van der Waals surface area contributed by atoms with Gasteiger partial charge in [-0.15, -0.1) is 0 Å². The molecule has 9 heteroatoms. The molecule has 2 heterocycles. The number of nitrogens with zero attached hydrogens (tertiary/aromatic N) is 3. The fraction of sp³-hybridized carbons (Fsp3) is 0.150. The van der Waals surface area contributed by atoms with E-state index in [-0.39, 0.29) is 16.8 Å². The van der Waals surface area contributed by atoms with Crippen molar-refractivity contribution >= 4 is 27.7 Å². The van der Waals surface area contributed by atoms with Gasteiger partial charge in [0.2, 0.25) is 15.9 Å². The predicted molar refractivity (Wildman–Crippen MR) is 111 cm³/mol. The van der Waals surface area contributed by atoms with E-state index in [4.69, 9.17) is 0 Å². The normalized spacial score (nSPS) is 11.8. The maximum absolute atomic E-state index is 12.1. The van der Waals surface area contributed by atoms with Crippen LogP contribution < -0.4 is 10.0 Å². The average Bonchev–Trinajstić information content (AvgIpc) is 3.21. The Hall–Kier alpha value is -3.30. The van der Waals surface area contributed by atoms with Crippen molar-refractivity contribution in [2.45, 2.75) is 24.8 Å². The smallest absolute Gasteiger partial charge is 0.248 e. The van der Waals surface area contributed by atoms with Gasteiger partial charge in [-0.05, 0) is 55.8 Å². The fourth-order valence-corrected chi connectivity index (χ4v) is 3.74. The Morgan fingerprint density at radius 3 is 2.48 bits per heavy atom. The summed E-state index contributed by atoms with van der Waals surface area (Å²) in [5.41, 5.74) is 1.26. The largest absolute Gasteiger partial charge is 0.321 e. The minimum atomic E-state index is -3.53. The van der Waals surface area contributed by atoms with Crippen LogP contribution in [0.2, 0.25) is 0 Å². The van der Waals surface area contributed by atoms with E-state index in [1.165, 1.54) is 18.2 Å². The van der Waals surface area contributed by atoms with E-state index < -0.39 is 10.0 Å². The van der Waals surface area contributed by atoms with Gasteiger partial charge < -0.3 is 5.32 Å². The lowest BCUT2D eigenvalue weighted by molar-refractivity contribution is -0.111. The lowest BCUT2D eigenvalue weighted by atomic mass is 10.2. The molecule has 1 aromatic carbocycles. The number of anilines is 1. The van der Waals surface area contributed by atoms with Crippen LogP contribution in [0.15, 0.2) is 72.0 Å². The number of carbonyl (C=O) groups excluding carboxylic acids is 1. The van der Waals surface area contributed by atoms with Gasteiger partial charge in [0, 0.05) is 24.5 Å². The van der Waals surface area contributed by atoms with Crippen molar-refractivity contribution in [2.24, 2.45) is 0 Å². The molecule has 0 bridgehead atoms. The second-order valence-corrected chi connectivity index (χ2v) is 8.24. The van der Waals surface area contributed by atoms with Crippen LogP contribution in [0.3, 0.4) is 0 Å². The summed E-state index contributed by atoms with van der Waals surface area (Å²) in [6.45, 7) is 3.52. The Balaban J connectivity index is 1.60. The van der Waals surface area contributed by atoms with E-state index in [2.05, 4.69) is 20.1 Å². The molecule has 0 spiro atoms. The maximum atomic E-state index is 12.1. The van der Waals surface area contributed by atoms with Crippen LogP contribution in [-0.2, 0) is 14.8 Å². The van der Waals surface area contributed by atoms with Crippen LogP contribution >= 0.6 is 0 Å². The quantitative estimate of drug-likeness (QED) is 0.581. The molecule has 0 saturated carbocycles. The third-order valence-electron chi connectivity index (χ3n) is 3.76. The Morgan fingerprint density at radius 2 is 1.90 bits per heavy atom. The molecule has 0 aliphatic carbocycles. The number of amides is 1. The number of hydrogen-bond acceptors (Lipinski definition) is 5. The Kier molecular flexibility index (Phi) is 6.20. The first kappa shape index (κ1) is 20.4. The highest BCUT2D eigenvalue weighted by Gasteiger charge is 2.14. The molecule has 3 aromatic rings. The predicted octanol–water partition coefficient (Wildman–Crippen LogP) is 2.61. The summed E-state index contributed by atoms with van der Waals surface area (Å²) < 4.78 is 28.4. The van der Waals surface area contributed by atoms with Crippen LogP contribution in [0.4, 0.5) is 5.69 Å². The molecule has 1 amide bonds. The molecule has 3 rings (SSSR count). The maximum Gasteiger partial charge on any atom is 0.248 e. The summed E-state index contributed by atoms with van der Waals surface area (Å²) >= 11 is 0. The van der Waals surface area contributed by atoms with Gasteiger partial charge in [0.15, 0.2) is 5.82 Å². The highest BCUT2D eigenvalue weighted by Crippen LogP contribution is 2.13. The standard InChI is InChI=1S/C20H21N5O3S/c1-15(2)24-29(27,28)18-8-4-16(5-9-18)6-11-20(26)23-17-7-10-19(21-14-17)25-13-3-12-22-25/h3-15,24H,1-2H3,(H,23,26)/b11-6+. The summed E-state index contributed by atoms with van der Waals surface area (Å²) in [4.78, 5) is 16.5. The topological polar surface area (TPSA) is 106 Å². The molecule has 29 heavy (non-hydrogen) atoms. The van der Waals surface area contributed by atoms with Crippen molar-refractivity contribution in [3.8, 4) is 5.82 Å². The highest BCUT2D eigenvalue weighted by atomic mass is 32.2. The van der Waals surface area contributed by atoms with Crippen molar-refractivity contribution in [3.63, 3.8) is 0 Å². The molecule has 2 aromatic heterocycles. The fourth-order valence-electron chi connectivity index (χ4n) is 2.49. The monoisotopic (exact) mass is 411 g/mol. The van der Waals surface area contributed by atoms with Gasteiger partial charge in [-0.1, -0.05) is 12.1 Å². The van der Waals surface area contributed by atoms with E-state index in [0.717, 1.165) is 0 Å². The molecule has 0 aliphatic rings. The minimum absolute atomic E-state index is 0.177. The number of aromatic nitrogens is 3. The number of pyridine rings is 1. The van der Waals surface area contributed by atoms with Crippen LogP contribution in [0.5, 0.6) is 0 Å². The SMILES string of the molecule is CC(C)NS(=O)(=O)c1ccc(/C=C/C(=O)Nc2ccc(-n3cccn3)nc2)cc1. The number of hydrogen-bond donors (Lipinski definition) is 2. The third kappa shape index (κ3) is 5.59. The molecule has 0 aliphatic heterocycles. The molecule has 2 N–H and O–H groups in total. The van der Waals surface area contributed by atoms with Gasteiger partial charge in [-0.25, -0.2) is 22.8 Å². The first-order valence-electron chi connectivity index (χ1n) is 8.91. The second kappa shape index (κ2) is 8.80. The summed E-state index contributed by atoms with van der Waals surface area (Å²) in [5.74, 6) is 0.322. The van der Waals surface area contributed by atoms with Crippen LogP contribution in [0, 0.1) is 0 Å². The van der Waals surface area contributed by atoms with E-state index in [9.17, 15) is 13.2 Å². The van der Waals surface area contributed by atoms with E-state index in [1.807, 2.05) is 0 Å². The van der Waals surface area contributed by atoms with Crippen molar-refractivity contribution in [1.29, 1.82) is 0 Å². The van der Waals surface area contributed by atoms with Crippen molar-refractivity contribution in [1.82, 2.24) is 19.5 Å². The van der Waals surface area contributed by atoms with Crippen molar-refractivity contribution in [3.05, 3.63) is 72.7 Å². The van der Waals surface area contributed by atoms with Crippen molar-refractivity contribution < 1.29 is 13.2 Å². The van der Waals surface area contributed by atoms with E-state index in [1.54, 1.807) is 73.5 Å². The second-order valence-electron chi connectivity index (χ2n) is 6.52. The van der Waals surface area contributed by atoms with Gasteiger partial charge in [-0.2, -0.15) is 5.10 Å². The average molecular weight is 411 g/mol. The van der Waals surface area contributed by atoms with Gasteiger partial charge in [-0.3, -0.25) is 4.79 Å². The number of nitrogens with one attached hydrogen (secondary N) is 2. The first-order valence-corrected chi connectivity index (χ1v) is 10.4. The lowest BCUT2D eigenvalue weighted by Crippen LogP contribution is -2.30. The lowest BCUT2D eigenvalue weighted by Gasteiger charge is -2.09. The zero-order valence-electron chi connectivity index (χ0n) is 16.0. The number of benzene rings is 1. The molecule has 0 fully saturated rings. The summed E-state index contributed by atoms with van der Waals surface area (Å²) in [6, 6.07) is 11.4. The van der Waals surface area contributed by atoms with Crippen LogP contribution in [0.25, 0.3) is 11.9 Å². The molecular weight excluding hydrogens is 390 g/mol. The molecule has 8 nitrogen and oxygen atoms in total. The zero-order valence-corrected chi connectivity index (χ0v) is 16.8. The van der Waals surface area contributed by atoms with Gasteiger partial charge >= 0.3 is 0 Å². The minimum Gasteiger partial charge on any atom is -0.321 e. The molecule has 0 unspecified atom stereocenters. The zero-order chi connectivity index (χ0) is 20.9. The van der Waals surface area contributed by atoms with Gasteiger partial charge in [0.25, 0.3) is 0 Å². The molecular formula is C20H21N5O3S. The van der Waals surface area contributed by atoms with Crippen LogP contribution in [0.1, 0.15) is 19.4 Å². The Labute approximate surface area is 169 Å². The molecule has 150 valence electrons. The van der Waals surface area contributed by atoms with Gasteiger partial charge in [0.1, 0.15) is 0 Å².